The minimum Gasteiger partial charge on any atom is -0.426 e. The maximum absolute atomic E-state index is 12.7. The molecule has 0 bridgehead atoms. The van der Waals surface area contributed by atoms with Crippen LogP contribution in [0.15, 0.2) is 0 Å². The molecule has 2 fully saturated rings. The maximum atomic E-state index is 12.7. The molecule has 2 N–H and O–H groups in total. The number of likely N-dealkylation sites (tertiary alicyclic amines) is 1. The molecule has 1 aliphatic heterocycles. The van der Waals surface area contributed by atoms with Gasteiger partial charge in [0, 0.05) is 45.8 Å². The lowest BCUT2D eigenvalue weighted by Gasteiger charge is -2.24. The van der Waals surface area contributed by atoms with Crippen LogP contribution in [0.25, 0.3) is 0 Å². The largest absolute Gasteiger partial charge is 0.426 e. The van der Waals surface area contributed by atoms with E-state index in [4.69, 9.17) is 9.47 Å². The Morgan fingerprint density at radius 3 is 2.32 bits per heavy atom. The first-order valence-electron chi connectivity index (χ1n) is 8.48. The van der Waals surface area contributed by atoms with Gasteiger partial charge in [-0.15, -0.1) is 0 Å². The third-order valence-corrected chi connectivity index (χ3v) is 4.41. The lowest BCUT2D eigenvalue weighted by atomic mass is 10.1. The number of nitrogens with one attached hydrogen (secondary N) is 2. The maximum Gasteiger partial charge on any atom is 0.410 e. The topological polar surface area (TPSA) is 114 Å². The Morgan fingerprint density at radius 2 is 1.76 bits per heavy atom. The molecule has 2 aliphatic rings. The van der Waals surface area contributed by atoms with E-state index in [-0.39, 0.29) is 23.7 Å². The molecule has 9 heteroatoms. The van der Waals surface area contributed by atoms with E-state index in [1.807, 2.05) is 0 Å². The van der Waals surface area contributed by atoms with Gasteiger partial charge >= 0.3 is 12.1 Å². The molecule has 1 heterocycles. The zero-order valence-electron chi connectivity index (χ0n) is 14.7. The summed E-state index contributed by atoms with van der Waals surface area (Å²) in [6.45, 7) is 3.90. The molecular weight excluding hydrogens is 330 g/mol. The molecule has 0 aromatic carbocycles. The van der Waals surface area contributed by atoms with Gasteiger partial charge in [0.05, 0.1) is 0 Å². The molecule has 9 nitrogen and oxygen atoms in total. The summed E-state index contributed by atoms with van der Waals surface area (Å²) < 4.78 is 9.67. The third-order valence-electron chi connectivity index (χ3n) is 4.41. The van der Waals surface area contributed by atoms with Gasteiger partial charge in [-0.05, 0) is 19.3 Å². The summed E-state index contributed by atoms with van der Waals surface area (Å²) in [7, 11) is 1.54. The Morgan fingerprint density at radius 1 is 1.12 bits per heavy atom. The van der Waals surface area contributed by atoms with Crippen LogP contribution in [0.3, 0.4) is 0 Å². The number of amides is 3. The second kappa shape index (κ2) is 8.17. The van der Waals surface area contributed by atoms with Gasteiger partial charge in [-0.3, -0.25) is 14.4 Å². The van der Waals surface area contributed by atoms with Crippen molar-refractivity contribution in [2.24, 2.45) is 11.8 Å². The fourth-order valence-corrected chi connectivity index (χ4v) is 3.13. The normalized spacial score (nSPS) is 24.0. The molecule has 3 amide bonds. The van der Waals surface area contributed by atoms with Crippen LogP contribution < -0.4 is 10.6 Å². The molecule has 1 saturated carbocycles. The predicted molar refractivity (Wildman–Crippen MR) is 86.1 cm³/mol. The zero-order chi connectivity index (χ0) is 18.6. The molecule has 140 valence electrons. The van der Waals surface area contributed by atoms with E-state index < -0.39 is 24.4 Å². The lowest BCUT2D eigenvalue weighted by molar-refractivity contribution is -0.162. The summed E-state index contributed by atoms with van der Waals surface area (Å²) in [6, 6.07) is -0.822. The van der Waals surface area contributed by atoms with Crippen molar-refractivity contribution in [1.29, 1.82) is 0 Å². The molecule has 0 aromatic rings. The lowest BCUT2D eigenvalue weighted by Crippen LogP contribution is -2.50. The summed E-state index contributed by atoms with van der Waals surface area (Å²) in [4.78, 5) is 49.1. The summed E-state index contributed by atoms with van der Waals surface area (Å²) in [5.41, 5.74) is 0. The quantitative estimate of drug-likeness (QED) is 0.512. The van der Waals surface area contributed by atoms with Gasteiger partial charge in [0.2, 0.25) is 18.1 Å². The van der Waals surface area contributed by atoms with Gasteiger partial charge in [0.1, 0.15) is 6.04 Å². The number of carbonyl (C=O) groups is 4. The molecule has 2 rings (SSSR count). The van der Waals surface area contributed by atoms with Crippen LogP contribution in [-0.4, -0.2) is 61.2 Å². The van der Waals surface area contributed by atoms with Crippen molar-refractivity contribution in [1.82, 2.24) is 15.5 Å². The highest BCUT2D eigenvalue weighted by molar-refractivity contribution is 5.89. The van der Waals surface area contributed by atoms with Crippen molar-refractivity contribution < 1.29 is 28.7 Å². The number of esters is 1. The van der Waals surface area contributed by atoms with Gasteiger partial charge in [-0.1, -0.05) is 0 Å². The molecule has 1 unspecified atom stereocenters. The molecule has 0 radical (unpaired) electrons. The van der Waals surface area contributed by atoms with Crippen molar-refractivity contribution in [3.05, 3.63) is 0 Å². The van der Waals surface area contributed by atoms with Crippen LogP contribution in [0.2, 0.25) is 0 Å². The van der Waals surface area contributed by atoms with E-state index in [2.05, 4.69) is 10.6 Å². The second-order valence-electron chi connectivity index (χ2n) is 6.36. The van der Waals surface area contributed by atoms with Crippen LogP contribution in [0.1, 0.15) is 33.1 Å². The molecule has 4 atom stereocenters. The van der Waals surface area contributed by atoms with E-state index in [1.165, 1.54) is 20.9 Å². The van der Waals surface area contributed by atoms with Crippen LogP contribution in [0.5, 0.6) is 0 Å². The SMILES string of the molecule is CNC(=O)[C@H]1C[C@H]1[C@H](NC(=O)OC(C)OC(C)=O)C(=O)N1CCCC1. The van der Waals surface area contributed by atoms with Crippen LogP contribution in [0.4, 0.5) is 4.79 Å². The van der Waals surface area contributed by atoms with E-state index in [0.717, 1.165) is 12.8 Å². The molecular formula is C16H25N3O6. The highest BCUT2D eigenvalue weighted by Crippen LogP contribution is 2.42. The average Bonchev–Trinajstić information content (AvgIpc) is 3.13. The molecule has 1 saturated heterocycles. The molecule has 25 heavy (non-hydrogen) atoms. The smallest absolute Gasteiger partial charge is 0.410 e. The average molecular weight is 355 g/mol. The van der Waals surface area contributed by atoms with Crippen molar-refractivity contribution in [3.63, 3.8) is 0 Å². The van der Waals surface area contributed by atoms with Crippen molar-refractivity contribution in [2.75, 3.05) is 20.1 Å². The second-order valence-corrected chi connectivity index (χ2v) is 6.36. The Kier molecular flexibility index (Phi) is 6.22. The van der Waals surface area contributed by atoms with E-state index in [0.29, 0.717) is 19.5 Å². The number of hydrogen-bond donors (Lipinski definition) is 2. The van der Waals surface area contributed by atoms with Gasteiger partial charge in [0.25, 0.3) is 0 Å². The van der Waals surface area contributed by atoms with E-state index >= 15 is 0 Å². The number of carbonyl (C=O) groups excluding carboxylic acids is 4. The first kappa shape index (κ1) is 19.0. The van der Waals surface area contributed by atoms with Crippen molar-refractivity contribution >= 4 is 23.9 Å². The van der Waals surface area contributed by atoms with Gasteiger partial charge in [-0.2, -0.15) is 0 Å². The minimum absolute atomic E-state index is 0.146. The highest BCUT2D eigenvalue weighted by atomic mass is 16.7. The Labute approximate surface area is 146 Å². The fraction of sp³-hybridized carbons (Fsp3) is 0.750. The minimum atomic E-state index is -1.06. The van der Waals surface area contributed by atoms with Crippen LogP contribution >= 0.6 is 0 Å². The number of nitrogens with zero attached hydrogens (tertiary/aromatic N) is 1. The van der Waals surface area contributed by atoms with E-state index in [9.17, 15) is 19.2 Å². The van der Waals surface area contributed by atoms with E-state index in [1.54, 1.807) is 4.90 Å². The van der Waals surface area contributed by atoms with Crippen LogP contribution in [-0.2, 0) is 23.9 Å². The van der Waals surface area contributed by atoms with Crippen LogP contribution in [0, 0.1) is 11.8 Å². The number of hydrogen-bond acceptors (Lipinski definition) is 6. The zero-order valence-corrected chi connectivity index (χ0v) is 14.7. The predicted octanol–water partition coefficient (Wildman–Crippen LogP) is -0.00520. The molecule has 0 aromatic heterocycles. The summed E-state index contributed by atoms with van der Waals surface area (Å²) in [5, 5.41) is 5.11. The Bertz CT molecular complexity index is 546. The van der Waals surface area contributed by atoms with Crippen molar-refractivity contribution in [2.45, 2.75) is 45.4 Å². The fourth-order valence-electron chi connectivity index (χ4n) is 3.13. The summed E-state index contributed by atoms with van der Waals surface area (Å²) in [6.07, 6.45) is 0.470. The Hall–Kier alpha value is -2.32. The summed E-state index contributed by atoms with van der Waals surface area (Å²) >= 11 is 0. The number of rotatable bonds is 6. The van der Waals surface area contributed by atoms with Gasteiger partial charge < -0.3 is 25.0 Å². The standard InChI is InChI=1S/C16H25N3O6/c1-9(20)24-10(2)25-16(23)18-13(11-8-12(11)14(21)17-3)15(22)19-6-4-5-7-19/h10-13H,4-8H2,1-3H3,(H,17,21)(H,18,23)/t10?,11-,12+,13+/m1/s1. The van der Waals surface area contributed by atoms with Crippen molar-refractivity contribution in [3.8, 4) is 0 Å². The molecule has 1 aliphatic carbocycles. The Balaban J connectivity index is 1.99. The first-order valence-corrected chi connectivity index (χ1v) is 8.48. The first-order chi connectivity index (χ1) is 11.8. The number of ether oxygens (including phenoxy) is 2. The summed E-state index contributed by atoms with van der Waals surface area (Å²) in [5.74, 6) is -1.48. The third kappa shape index (κ3) is 5.07. The number of alkyl carbamates (subject to hydrolysis) is 1. The monoisotopic (exact) mass is 355 g/mol. The van der Waals surface area contributed by atoms with Gasteiger partial charge in [-0.25, -0.2) is 4.79 Å². The van der Waals surface area contributed by atoms with Gasteiger partial charge in [0.15, 0.2) is 0 Å². The highest BCUT2D eigenvalue weighted by Gasteiger charge is 2.51. The molecule has 0 spiro atoms.